The number of unbranched alkanes of at least 4 members (excludes halogenated alkanes) is 1. The first-order valence-electron chi connectivity index (χ1n) is 9.51. The monoisotopic (exact) mass is 456 g/mol. The Bertz CT molecular complexity index is 937. The number of rotatable bonds is 9. The fraction of sp³-hybridized carbons (Fsp3) is 0.526. The van der Waals surface area contributed by atoms with Gasteiger partial charge in [0.2, 0.25) is 0 Å². The maximum Gasteiger partial charge on any atom is 0.312 e. The van der Waals surface area contributed by atoms with Gasteiger partial charge in [-0.1, -0.05) is 19.4 Å². The molecule has 1 fully saturated rings. The van der Waals surface area contributed by atoms with Crippen molar-refractivity contribution in [1.29, 1.82) is 0 Å². The molecule has 1 atom stereocenters. The topological polar surface area (TPSA) is 93.6 Å². The van der Waals surface area contributed by atoms with Crippen LogP contribution in [-0.4, -0.2) is 60.9 Å². The molecule has 1 saturated heterocycles. The second-order valence-electron chi connectivity index (χ2n) is 6.96. The molecule has 0 aliphatic carbocycles. The van der Waals surface area contributed by atoms with E-state index in [4.69, 9.17) is 4.74 Å². The molecule has 0 spiro atoms. The van der Waals surface area contributed by atoms with Crippen LogP contribution in [0.25, 0.3) is 9.88 Å². The molecular formula is C19H24N2O5S3. The number of esters is 1. The molecule has 2 aromatic rings. The standard InChI is InChI=1S/C19H24N2O5S3/c1-2-3-7-21(15-6-9-29(24,25)13-15)17(22)11-26-18(23)10-14-12-28-19(20-14)16-5-4-8-27-16/h4-5,8,12,15H,2-3,6-7,9-11,13H2,1H3. The van der Waals surface area contributed by atoms with Crippen molar-refractivity contribution in [3.8, 4) is 9.88 Å². The summed E-state index contributed by atoms with van der Waals surface area (Å²) in [5, 5.41) is 4.64. The molecule has 10 heteroatoms. The second kappa shape index (κ2) is 9.82. The molecule has 0 radical (unpaired) electrons. The van der Waals surface area contributed by atoms with Crippen LogP contribution in [0.2, 0.25) is 0 Å². The SMILES string of the molecule is CCCCN(C(=O)COC(=O)Cc1csc(-c2cccs2)n1)C1CCS(=O)(=O)C1. The van der Waals surface area contributed by atoms with Gasteiger partial charge in [0.15, 0.2) is 16.4 Å². The van der Waals surface area contributed by atoms with E-state index < -0.39 is 15.8 Å². The summed E-state index contributed by atoms with van der Waals surface area (Å²) in [5.41, 5.74) is 0.612. The summed E-state index contributed by atoms with van der Waals surface area (Å²) < 4.78 is 28.7. The number of ether oxygens (including phenoxy) is 1. The Morgan fingerprint density at radius 3 is 2.83 bits per heavy atom. The minimum atomic E-state index is -3.10. The molecule has 3 rings (SSSR count). The minimum absolute atomic E-state index is 0.00191. The van der Waals surface area contributed by atoms with E-state index in [1.807, 2.05) is 29.8 Å². The first kappa shape index (κ1) is 21.9. The Morgan fingerprint density at radius 2 is 2.17 bits per heavy atom. The first-order valence-corrected chi connectivity index (χ1v) is 13.1. The fourth-order valence-corrected chi connectivity index (χ4v) is 6.55. The highest BCUT2D eigenvalue weighted by molar-refractivity contribution is 7.91. The minimum Gasteiger partial charge on any atom is -0.455 e. The number of nitrogens with zero attached hydrogens (tertiary/aromatic N) is 2. The van der Waals surface area contributed by atoms with Crippen molar-refractivity contribution in [3.05, 3.63) is 28.6 Å². The van der Waals surface area contributed by atoms with Crippen LogP contribution in [-0.2, 0) is 30.6 Å². The Hall–Kier alpha value is -1.78. The van der Waals surface area contributed by atoms with Gasteiger partial charge in [0.1, 0.15) is 5.01 Å². The number of hydrogen-bond donors (Lipinski definition) is 0. The summed E-state index contributed by atoms with van der Waals surface area (Å²) in [6.07, 6.45) is 2.11. The van der Waals surface area contributed by atoms with Gasteiger partial charge in [-0.25, -0.2) is 13.4 Å². The Kier molecular flexibility index (Phi) is 7.42. The number of aromatic nitrogens is 1. The van der Waals surface area contributed by atoms with Crippen LogP contribution in [0.5, 0.6) is 0 Å². The number of thiophene rings is 1. The zero-order valence-corrected chi connectivity index (χ0v) is 18.7. The van der Waals surface area contributed by atoms with E-state index in [1.54, 1.807) is 16.2 Å². The van der Waals surface area contributed by atoms with Crippen LogP contribution in [0, 0.1) is 0 Å². The lowest BCUT2D eigenvalue weighted by molar-refractivity contribution is -0.152. The maximum atomic E-state index is 12.6. The van der Waals surface area contributed by atoms with E-state index in [0.717, 1.165) is 22.7 Å². The smallest absolute Gasteiger partial charge is 0.312 e. The van der Waals surface area contributed by atoms with Gasteiger partial charge in [-0.3, -0.25) is 9.59 Å². The molecule has 2 aromatic heterocycles. The van der Waals surface area contributed by atoms with Gasteiger partial charge in [0, 0.05) is 18.0 Å². The van der Waals surface area contributed by atoms with Crippen molar-refractivity contribution in [2.24, 2.45) is 0 Å². The van der Waals surface area contributed by atoms with E-state index in [-0.39, 0.29) is 36.5 Å². The van der Waals surface area contributed by atoms with Gasteiger partial charge in [-0.05, 0) is 24.3 Å². The summed E-state index contributed by atoms with van der Waals surface area (Å²) >= 11 is 3.05. The Labute approximate surface area is 178 Å². The average Bonchev–Trinajstić information content (AvgIpc) is 3.41. The Balaban J connectivity index is 1.53. The van der Waals surface area contributed by atoms with Crippen LogP contribution in [0.4, 0.5) is 0 Å². The number of carbonyl (C=O) groups is 2. The van der Waals surface area contributed by atoms with Gasteiger partial charge in [0.05, 0.1) is 28.5 Å². The van der Waals surface area contributed by atoms with Crippen molar-refractivity contribution < 1.29 is 22.7 Å². The van der Waals surface area contributed by atoms with Gasteiger partial charge in [-0.2, -0.15) is 0 Å². The van der Waals surface area contributed by atoms with Crippen molar-refractivity contribution in [2.45, 2.75) is 38.6 Å². The first-order chi connectivity index (χ1) is 13.9. The lowest BCUT2D eigenvalue weighted by Crippen LogP contribution is -2.44. The molecule has 158 valence electrons. The van der Waals surface area contributed by atoms with Gasteiger partial charge in [-0.15, -0.1) is 22.7 Å². The molecule has 0 aromatic carbocycles. The zero-order chi connectivity index (χ0) is 20.9. The van der Waals surface area contributed by atoms with Crippen molar-refractivity contribution >= 4 is 44.4 Å². The lowest BCUT2D eigenvalue weighted by Gasteiger charge is -2.28. The molecule has 3 heterocycles. The van der Waals surface area contributed by atoms with Gasteiger partial charge >= 0.3 is 5.97 Å². The molecule has 0 bridgehead atoms. The Morgan fingerprint density at radius 1 is 1.34 bits per heavy atom. The third-order valence-corrected chi connectivity index (χ3v) is 8.37. The van der Waals surface area contributed by atoms with Crippen LogP contribution in [0.3, 0.4) is 0 Å². The molecule has 1 aliphatic rings. The van der Waals surface area contributed by atoms with Gasteiger partial charge < -0.3 is 9.64 Å². The predicted octanol–water partition coefficient (Wildman–Crippen LogP) is 2.77. The van der Waals surface area contributed by atoms with Crippen LogP contribution in [0.15, 0.2) is 22.9 Å². The quantitative estimate of drug-likeness (QED) is 0.539. The summed E-state index contributed by atoms with van der Waals surface area (Å²) in [5.74, 6) is -0.771. The number of carbonyl (C=O) groups excluding carboxylic acids is 2. The third kappa shape index (κ3) is 6.10. The van der Waals surface area contributed by atoms with E-state index in [9.17, 15) is 18.0 Å². The van der Waals surface area contributed by atoms with E-state index in [1.165, 1.54) is 11.3 Å². The molecule has 1 amide bonds. The summed E-state index contributed by atoms with van der Waals surface area (Å²) in [6.45, 7) is 2.11. The second-order valence-corrected chi connectivity index (χ2v) is 11.0. The van der Waals surface area contributed by atoms with E-state index >= 15 is 0 Å². The number of sulfone groups is 1. The zero-order valence-electron chi connectivity index (χ0n) is 16.2. The van der Waals surface area contributed by atoms with Gasteiger partial charge in [0.25, 0.3) is 5.91 Å². The molecule has 1 unspecified atom stereocenters. The average molecular weight is 457 g/mol. The highest BCUT2D eigenvalue weighted by atomic mass is 32.2. The number of thiazole rings is 1. The third-order valence-electron chi connectivity index (χ3n) is 4.69. The molecule has 7 nitrogen and oxygen atoms in total. The van der Waals surface area contributed by atoms with Crippen LogP contribution >= 0.6 is 22.7 Å². The van der Waals surface area contributed by atoms with Crippen LogP contribution < -0.4 is 0 Å². The van der Waals surface area contributed by atoms with Crippen LogP contribution in [0.1, 0.15) is 31.9 Å². The predicted molar refractivity (Wildman–Crippen MR) is 114 cm³/mol. The maximum absolute atomic E-state index is 12.6. The van der Waals surface area contributed by atoms with Crippen molar-refractivity contribution in [3.63, 3.8) is 0 Å². The molecule has 29 heavy (non-hydrogen) atoms. The van der Waals surface area contributed by atoms with Crippen molar-refractivity contribution in [2.75, 3.05) is 24.7 Å². The normalized spacial score (nSPS) is 17.9. The lowest BCUT2D eigenvalue weighted by atomic mass is 10.2. The highest BCUT2D eigenvalue weighted by Gasteiger charge is 2.34. The molecule has 1 aliphatic heterocycles. The van der Waals surface area contributed by atoms with Crippen molar-refractivity contribution in [1.82, 2.24) is 9.88 Å². The van der Waals surface area contributed by atoms with E-state index in [2.05, 4.69) is 4.98 Å². The molecule has 0 saturated carbocycles. The van der Waals surface area contributed by atoms with E-state index in [0.29, 0.717) is 18.7 Å². The highest BCUT2D eigenvalue weighted by Crippen LogP contribution is 2.28. The summed E-state index contributed by atoms with van der Waals surface area (Å²) in [4.78, 5) is 31.8. The number of hydrogen-bond acceptors (Lipinski definition) is 8. The number of amides is 1. The molecular weight excluding hydrogens is 432 g/mol. The molecule has 0 N–H and O–H groups in total. The fourth-order valence-electron chi connectivity index (χ4n) is 3.19. The summed E-state index contributed by atoms with van der Waals surface area (Å²) in [7, 11) is -3.10. The largest absolute Gasteiger partial charge is 0.455 e. The summed E-state index contributed by atoms with van der Waals surface area (Å²) in [6, 6.07) is 3.59.